The fourth-order valence-corrected chi connectivity index (χ4v) is 3.49. The van der Waals surface area contributed by atoms with Crippen LogP contribution in [0.1, 0.15) is 5.69 Å². The second-order valence-electron chi connectivity index (χ2n) is 7.23. The van der Waals surface area contributed by atoms with Crippen molar-refractivity contribution < 1.29 is 23.9 Å². The lowest BCUT2D eigenvalue weighted by Gasteiger charge is -2.14. The summed E-state index contributed by atoms with van der Waals surface area (Å²) in [7, 11) is 0. The fourth-order valence-electron chi connectivity index (χ4n) is 3.49. The van der Waals surface area contributed by atoms with Gasteiger partial charge in [0.2, 0.25) is 0 Å². The van der Waals surface area contributed by atoms with Gasteiger partial charge in [0.05, 0.1) is 43.0 Å². The summed E-state index contributed by atoms with van der Waals surface area (Å²) in [5, 5.41) is 24.9. The number of carbonyl (C=O) groups is 1. The van der Waals surface area contributed by atoms with Crippen molar-refractivity contribution >= 4 is 17.5 Å². The van der Waals surface area contributed by atoms with E-state index in [1.807, 2.05) is 0 Å². The maximum absolute atomic E-state index is 14.9. The van der Waals surface area contributed by atoms with Crippen LogP contribution >= 0.6 is 0 Å². The smallest absolute Gasteiger partial charge is 0.414 e. The molecule has 11 nitrogen and oxygen atoms in total. The van der Waals surface area contributed by atoms with E-state index < -0.39 is 24.1 Å². The van der Waals surface area contributed by atoms with Crippen molar-refractivity contribution in [2.45, 2.75) is 18.8 Å². The summed E-state index contributed by atoms with van der Waals surface area (Å²) in [5.74, 6) is -0.543. The SMILES string of the molecule is O=C1OC(Cn2ccnn2)CN1c1ccc(-c2ccc(C3=CC(CO)ON3)nn2)c(F)c1. The maximum Gasteiger partial charge on any atom is 0.414 e. The van der Waals surface area contributed by atoms with Gasteiger partial charge in [-0.25, -0.2) is 13.9 Å². The first-order valence-corrected chi connectivity index (χ1v) is 9.81. The third-order valence-electron chi connectivity index (χ3n) is 5.07. The number of cyclic esters (lactones) is 1. The van der Waals surface area contributed by atoms with E-state index in [-0.39, 0.29) is 18.7 Å². The van der Waals surface area contributed by atoms with Crippen LogP contribution in [0.5, 0.6) is 0 Å². The zero-order chi connectivity index (χ0) is 22.1. The average Bonchev–Trinajstić information content (AvgIpc) is 3.56. The number of rotatable bonds is 6. The van der Waals surface area contributed by atoms with Gasteiger partial charge in [0.15, 0.2) is 0 Å². The second kappa shape index (κ2) is 8.32. The molecule has 3 aromatic rings. The quantitative estimate of drug-likeness (QED) is 0.581. The third-order valence-corrected chi connectivity index (χ3v) is 5.07. The highest BCUT2D eigenvalue weighted by atomic mass is 19.1. The molecule has 1 fully saturated rings. The van der Waals surface area contributed by atoms with Crippen molar-refractivity contribution in [2.75, 3.05) is 18.1 Å². The summed E-state index contributed by atoms with van der Waals surface area (Å²) >= 11 is 0. The number of aliphatic hydroxyl groups is 1. The number of aromatic nitrogens is 5. The summed E-state index contributed by atoms with van der Waals surface area (Å²) in [6, 6.07) is 7.75. The highest BCUT2D eigenvalue weighted by Gasteiger charge is 2.33. The number of aliphatic hydroxyl groups excluding tert-OH is 1. The van der Waals surface area contributed by atoms with Crippen molar-refractivity contribution in [1.29, 1.82) is 0 Å². The van der Waals surface area contributed by atoms with E-state index in [9.17, 15) is 9.18 Å². The van der Waals surface area contributed by atoms with Gasteiger partial charge in [-0.2, -0.15) is 0 Å². The van der Waals surface area contributed by atoms with Crippen molar-refractivity contribution in [2.24, 2.45) is 0 Å². The molecule has 4 heterocycles. The number of hydroxylamine groups is 1. The Hall–Kier alpha value is -3.90. The van der Waals surface area contributed by atoms with Crippen LogP contribution in [0.3, 0.4) is 0 Å². The highest BCUT2D eigenvalue weighted by molar-refractivity contribution is 5.90. The van der Waals surface area contributed by atoms with Gasteiger partial charge in [-0.1, -0.05) is 5.21 Å². The van der Waals surface area contributed by atoms with Crippen molar-refractivity contribution in [3.05, 3.63) is 60.3 Å². The molecule has 1 saturated heterocycles. The summed E-state index contributed by atoms with van der Waals surface area (Å²) in [4.78, 5) is 18.8. The zero-order valence-corrected chi connectivity index (χ0v) is 16.6. The molecule has 2 aliphatic rings. The Kier molecular flexibility index (Phi) is 5.21. The molecule has 2 aliphatic heterocycles. The molecule has 2 unspecified atom stereocenters. The van der Waals surface area contributed by atoms with E-state index in [1.54, 1.807) is 47.4 Å². The van der Waals surface area contributed by atoms with Crippen LogP contribution in [-0.4, -0.2) is 61.8 Å². The van der Waals surface area contributed by atoms with Crippen LogP contribution in [-0.2, 0) is 16.1 Å². The molecule has 0 radical (unpaired) electrons. The lowest BCUT2D eigenvalue weighted by molar-refractivity contribution is 0.0172. The van der Waals surface area contributed by atoms with Crippen LogP contribution in [0.15, 0.2) is 48.8 Å². The van der Waals surface area contributed by atoms with Gasteiger partial charge in [0, 0.05) is 11.8 Å². The standard InChI is InChI=1S/C20H18FN7O4/c21-16-7-12(28-10-14(31-20(28)30)9-27-6-5-22-26-27)1-2-15(16)17-3-4-18(24-23-17)19-8-13(11-29)32-25-19/h1-8,13-14,25,29H,9-11H2. The number of nitrogens with zero attached hydrogens (tertiary/aromatic N) is 6. The predicted octanol–water partition coefficient (Wildman–Crippen LogP) is 1.14. The molecule has 32 heavy (non-hydrogen) atoms. The van der Waals surface area contributed by atoms with Gasteiger partial charge >= 0.3 is 6.09 Å². The van der Waals surface area contributed by atoms with Crippen molar-refractivity contribution in [1.82, 2.24) is 30.7 Å². The molecular weight excluding hydrogens is 421 g/mol. The Balaban J connectivity index is 1.31. The van der Waals surface area contributed by atoms with E-state index >= 15 is 0 Å². The normalized spacial score (nSPS) is 20.2. The molecule has 5 rings (SSSR count). The van der Waals surface area contributed by atoms with Gasteiger partial charge in [-0.05, 0) is 36.4 Å². The number of amides is 1. The van der Waals surface area contributed by atoms with Gasteiger partial charge in [-0.3, -0.25) is 15.2 Å². The molecular formula is C20H18FN7O4. The number of anilines is 1. The Morgan fingerprint density at radius 1 is 1.22 bits per heavy atom. The molecule has 2 aromatic heterocycles. The Morgan fingerprint density at radius 3 is 2.75 bits per heavy atom. The maximum atomic E-state index is 14.9. The Morgan fingerprint density at radius 2 is 2.06 bits per heavy atom. The molecule has 1 aromatic carbocycles. The van der Waals surface area contributed by atoms with Gasteiger partial charge in [0.25, 0.3) is 0 Å². The van der Waals surface area contributed by atoms with Gasteiger partial charge < -0.3 is 9.84 Å². The van der Waals surface area contributed by atoms with Crippen LogP contribution in [0, 0.1) is 5.82 Å². The van der Waals surface area contributed by atoms with Crippen LogP contribution in [0.2, 0.25) is 0 Å². The van der Waals surface area contributed by atoms with E-state index in [0.717, 1.165) is 0 Å². The number of hydrogen-bond acceptors (Lipinski definition) is 9. The summed E-state index contributed by atoms with van der Waals surface area (Å²) in [6.45, 7) is 0.469. The molecule has 2 N–H and O–H groups in total. The van der Waals surface area contributed by atoms with Gasteiger partial charge in [0.1, 0.15) is 23.7 Å². The first kappa shape index (κ1) is 20.0. The minimum Gasteiger partial charge on any atom is -0.442 e. The summed E-state index contributed by atoms with van der Waals surface area (Å²) in [5.41, 5.74) is 4.72. The highest BCUT2D eigenvalue weighted by Crippen LogP contribution is 2.29. The molecule has 0 spiro atoms. The van der Waals surface area contributed by atoms with Crippen molar-refractivity contribution in [3.8, 4) is 11.3 Å². The van der Waals surface area contributed by atoms with E-state index in [2.05, 4.69) is 26.0 Å². The average molecular weight is 439 g/mol. The molecule has 164 valence electrons. The largest absolute Gasteiger partial charge is 0.442 e. The number of halogens is 1. The van der Waals surface area contributed by atoms with Gasteiger partial charge in [-0.15, -0.1) is 15.3 Å². The first-order chi connectivity index (χ1) is 15.6. The fraction of sp³-hybridized carbons (Fsp3) is 0.250. The van der Waals surface area contributed by atoms with E-state index in [4.69, 9.17) is 14.7 Å². The van der Waals surface area contributed by atoms with Crippen LogP contribution < -0.4 is 10.4 Å². The van der Waals surface area contributed by atoms with Crippen LogP contribution in [0.25, 0.3) is 17.0 Å². The topological polar surface area (TPSA) is 128 Å². The van der Waals surface area contributed by atoms with Crippen molar-refractivity contribution in [3.63, 3.8) is 0 Å². The lowest BCUT2D eigenvalue weighted by atomic mass is 10.1. The number of ether oxygens (including phenoxy) is 1. The first-order valence-electron chi connectivity index (χ1n) is 9.81. The zero-order valence-electron chi connectivity index (χ0n) is 16.6. The van der Waals surface area contributed by atoms with E-state index in [1.165, 1.54) is 11.0 Å². The monoisotopic (exact) mass is 439 g/mol. The number of hydrogen-bond donors (Lipinski definition) is 2. The summed E-state index contributed by atoms with van der Waals surface area (Å²) in [6.07, 6.45) is 3.48. The molecule has 1 amide bonds. The summed E-state index contributed by atoms with van der Waals surface area (Å²) < 4.78 is 21.8. The minimum atomic E-state index is -0.549. The van der Waals surface area contributed by atoms with Crippen LogP contribution in [0.4, 0.5) is 14.9 Å². The Bertz CT molecular complexity index is 1150. The number of carbonyl (C=O) groups excluding carboxylic acids is 1. The Labute approximate surface area is 181 Å². The molecule has 0 bridgehead atoms. The third kappa shape index (κ3) is 3.88. The minimum absolute atomic E-state index is 0.161. The van der Waals surface area contributed by atoms with E-state index in [0.29, 0.717) is 29.3 Å². The predicted molar refractivity (Wildman–Crippen MR) is 108 cm³/mol. The number of benzene rings is 1. The second-order valence-corrected chi connectivity index (χ2v) is 7.23. The molecule has 0 aliphatic carbocycles. The number of nitrogens with one attached hydrogen (secondary N) is 1. The lowest BCUT2D eigenvalue weighted by Crippen LogP contribution is -2.26. The molecule has 2 atom stereocenters. The molecule has 0 saturated carbocycles. The molecule has 12 heteroatoms.